The lowest BCUT2D eigenvalue weighted by Crippen LogP contribution is -2.48. The van der Waals surface area contributed by atoms with Gasteiger partial charge in [-0.2, -0.15) is 0 Å². The Kier molecular flexibility index (Phi) is 4.19. The second kappa shape index (κ2) is 6.12. The van der Waals surface area contributed by atoms with Crippen LogP contribution in [0.4, 0.5) is 11.5 Å². The molecule has 0 amide bonds. The topological polar surface area (TPSA) is 74.9 Å². The molecule has 118 valence electrons. The third-order valence-electron chi connectivity index (χ3n) is 3.93. The number of amidine groups is 1. The number of anilines is 1. The molecular formula is C14H19N5O2S. The lowest BCUT2D eigenvalue weighted by molar-refractivity contribution is -0.384. The van der Waals surface area contributed by atoms with E-state index in [1.54, 1.807) is 19.2 Å². The predicted molar refractivity (Wildman–Crippen MR) is 88.8 cm³/mol. The lowest BCUT2D eigenvalue weighted by Gasteiger charge is -2.36. The number of nitro groups is 1. The van der Waals surface area contributed by atoms with Gasteiger partial charge in [-0.15, -0.1) is 0 Å². The van der Waals surface area contributed by atoms with E-state index < -0.39 is 0 Å². The number of aliphatic imine (C=N–C) groups is 1. The van der Waals surface area contributed by atoms with E-state index in [0.29, 0.717) is 16.6 Å². The number of aryl methyl sites for hydroxylation is 1. The molecule has 0 radical (unpaired) electrons. The largest absolute Gasteiger partial charge is 0.348 e. The summed E-state index contributed by atoms with van der Waals surface area (Å²) in [5, 5.41) is 13.0. The molecule has 0 bridgehead atoms. The van der Waals surface area contributed by atoms with Gasteiger partial charge in [-0.05, 0) is 13.0 Å². The summed E-state index contributed by atoms with van der Waals surface area (Å²) < 4.78 is 0. The van der Waals surface area contributed by atoms with Crippen molar-refractivity contribution in [2.45, 2.75) is 19.1 Å². The zero-order valence-corrected chi connectivity index (χ0v) is 13.5. The summed E-state index contributed by atoms with van der Waals surface area (Å²) in [6.45, 7) is 7.92. The van der Waals surface area contributed by atoms with Gasteiger partial charge >= 0.3 is 5.69 Å². The molecule has 1 fully saturated rings. The van der Waals surface area contributed by atoms with Crippen molar-refractivity contribution in [3.05, 3.63) is 27.9 Å². The normalized spacial score (nSPS) is 21.9. The fourth-order valence-corrected chi connectivity index (χ4v) is 3.73. The van der Waals surface area contributed by atoms with Crippen molar-refractivity contribution in [3.63, 3.8) is 0 Å². The number of aromatic nitrogens is 1. The minimum atomic E-state index is -0.331. The maximum atomic E-state index is 11.3. The van der Waals surface area contributed by atoms with Crippen LogP contribution in [0, 0.1) is 17.0 Å². The van der Waals surface area contributed by atoms with Crippen LogP contribution in [0.15, 0.2) is 17.3 Å². The molecular weight excluding hydrogens is 302 g/mol. The second-order valence-corrected chi connectivity index (χ2v) is 6.99. The SMILES string of the molecule is Cc1ccnc(N2CCN(C3=NC[C@@H](C)S3)CC2)c1[N+](=O)[O-]. The molecule has 2 aliphatic rings. The molecule has 0 unspecified atom stereocenters. The molecule has 0 spiro atoms. The summed E-state index contributed by atoms with van der Waals surface area (Å²) >= 11 is 1.81. The van der Waals surface area contributed by atoms with Crippen LogP contribution in [-0.2, 0) is 0 Å². The van der Waals surface area contributed by atoms with Crippen molar-refractivity contribution in [1.82, 2.24) is 9.88 Å². The molecule has 1 saturated heterocycles. The predicted octanol–water partition coefficient (Wildman–Crippen LogP) is 1.91. The smallest absolute Gasteiger partial charge is 0.314 e. The third kappa shape index (κ3) is 2.87. The number of hydrogen-bond donors (Lipinski definition) is 0. The van der Waals surface area contributed by atoms with Crippen molar-refractivity contribution < 1.29 is 4.92 Å². The van der Waals surface area contributed by atoms with Crippen LogP contribution in [-0.4, -0.2) is 57.9 Å². The number of hydrogen-bond acceptors (Lipinski definition) is 7. The highest BCUT2D eigenvalue weighted by Crippen LogP contribution is 2.30. The van der Waals surface area contributed by atoms with Gasteiger partial charge in [-0.25, -0.2) is 4.98 Å². The maximum Gasteiger partial charge on any atom is 0.314 e. The molecule has 1 aromatic rings. The summed E-state index contributed by atoms with van der Waals surface area (Å²) in [6, 6.07) is 1.68. The van der Waals surface area contributed by atoms with Crippen LogP contribution in [0.5, 0.6) is 0 Å². The van der Waals surface area contributed by atoms with Crippen LogP contribution in [0.25, 0.3) is 0 Å². The molecule has 3 heterocycles. The van der Waals surface area contributed by atoms with Crippen molar-refractivity contribution in [2.24, 2.45) is 4.99 Å². The van der Waals surface area contributed by atoms with E-state index in [9.17, 15) is 10.1 Å². The Morgan fingerprint density at radius 2 is 2.00 bits per heavy atom. The Bertz CT molecular complexity index is 613. The Hall–Kier alpha value is -1.83. The first-order chi connectivity index (χ1) is 10.6. The standard InChI is InChI=1S/C14H19N5O2S/c1-10-3-4-15-13(12(10)19(20)21)17-5-7-18(8-6-17)14-16-9-11(2)22-14/h3-4,11H,5-9H2,1-2H3/t11-/m1/s1. The van der Waals surface area contributed by atoms with Crippen molar-refractivity contribution in [3.8, 4) is 0 Å². The molecule has 2 aliphatic heterocycles. The zero-order chi connectivity index (χ0) is 15.7. The molecule has 0 saturated carbocycles. The van der Waals surface area contributed by atoms with Crippen molar-refractivity contribution in [2.75, 3.05) is 37.6 Å². The summed E-state index contributed by atoms with van der Waals surface area (Å²) in [5.41, 5.74) is 0.777. The van der Waals surface area contributed by atoms with E-state index in [0.717, 1.165) is 37.9 Å². The Morgan fingerprint density at radius 1 is 1.32 bits per heavy atom. The molecule has 0 aromatic carbocycles. The highest BCUT2D eigenvalue weighted by molar-refractivity contribution is 8.14. The van der Waals surface area contributed by atoms with Crippen molar-refractivity contribution in [1.29, 1.82) is 0 Å². The van der Waals surface area contributed by atoms with Gasteiger partial charge in [0.25, 0.3) is 0 Å². The van der Waals surface area contributed by atoms with Gasteiger partial charge in [0, 0.05) is 43.2 Å². The fraction of sp³-hybridized carbons (Fsp3) is 0.571. The zero-order valence-electron chi connectivity index (χ0n) is 12.7. The van der Waals surface area contributed by atoms with E-state index in [1.165, 1.54) is 0 Å². The minimum Gasteiger partial charge on any atom is -0.348 e. The number of piperazine rings is 1. The molecule has 0 aliphatic carbocycles. The Balaban J connectivity index is 1.72. The van der Waals surface area contributed by atoms with E-state index in [-0.39, 0.29) is 10.6 Å². The van der Waals surface area contributed by atoms with E-state index >= 15 is 0 Å². The Labute approximate surface area is 133 Å². The van der Waals surface area contributed by atoms with Gasteiger partial charge in [0.1, 0.15) is 0 Å². The molecule has 22 heavy (non-hydrogen) atoms. The van der Waals surface area contributed by atoms with Crippen LogP contribution in [0.2, 0.25) is 0 Å². The number of pyridine rings is 1. The summed E-state index contributed by atoms with van der Waals surface area (Å²) in [7, 11) is 0. The molecule has 1 atom stereocenters. The molecule has 0 N–H and O–H groups in total. The third-order valence-corrected chi connectivity index (χ3v) is 5.08. The quantitative estimate of drug-likeness (QED) is 0.612. The monoisotopic (exact) mass is 321 g/mol. The lowest BCUT2D eigenvalue weighted by atomic mass is 10.2. The van der Waals surface area contributed by atoms with Crippen LogP contribution >= 0.6 is 11.8 Å². The first-order valence-electron chi connectivity index (χ1n) is 7.37. The molecule has 1 aromatic heterocycles. The Morgan fingerprint density at radius 3 is 2.59 bits per heavy atom. The van der Waals surface area contributed by atoms with Crippen LogP contribution in [0.3, 0.4) is 0 Å². The first-order valence-corrected chi connectivity index (χ1v) is 8.25. The summed E-state index contributed by atoms with van der Waals surface area (Å²) in [5.74, 6) is 0.485. The average molecular weight is 321 g/mol. The number of nitrogens with zero attached hydrogens (tertiary/aromatic N) is 5. The number of rotatable bonds is 2. The van der Waals surface area contributed by atoms with Gasteiger partial charge in [-0.1, -0.05) is 18.7 Å². The van der Waals surface area contributed by atoms with Crippen molar-refractivity contribution >= 4 is 28.4 Å². The van der Waals surface area contributed by atoms with E-state index in [4.69, 9.17) is 0 Å². The highest BCUT2D eigenvalue weighted by Gasteiger charge is 2.29. The minimum absolute atomic E-state index is 0.122. The first kappa shape index (κ1) is 15.1. The summed E-state index contributed by atoms with van der Waals surface area (Å²) in [4.78, 5) is 24.1. The molecule has 8 heteroatoms. The highest BCUT2D eigenvalue weighted by atomic mass is 32.2. The second-order valence-electron chi connectivity index (χ2n) is 5.58. The van der Waals surface area contributed by atoms with Gasteiger partial charge in [0.05, 0.1) is 11.5 Å². The van der Waals surface area contributed by atoms with Crippen LogP contribution < -0.4 is 4.90 Å². The number of thioether (sulfide) groups is 1. The van der Waals surface area contributed by atoms with Crippen LogP contribution in [0.1, 0.15) is 12.5 Å². The molecule has 7 nitrogen and oxygen atoms in total. The van der Waals surface area contributed by atoms with E-state index in [1.807, 2.05) is 16.7 Å². The molecule has 3 rings (SSSR count). The summed E-state index contributed by atoms with van der Waals surface area (Å²) in [6.07, 6.45) is 1.64. The van der Waals surface area contributed by atoms with E-state index in [2.05, 4.69) is 21.8 Å². The van der Waals surface area contributed by atoms with Gasteiger partial charge in [0.15, 0.2) is 5.17 Å². The fourth-order valence-electron chi connectivity index (χ4n) is 2.74. The average Bonchev–Trinajstić information content (AvgIpc) is 2.93. The van der Waals surface area contributed by atoms with Gasteiger partial charge in [-0.3, -0.25) is 15.1 Å². The van der Waals surface area contributed by atoms with Gasteiger partial charge < -0.3 is 9.80 Å². The van der Waals surface area contributed by atoms with Gasteiger partial charge in [0.2, 0.25) is 5.82 Å². The maximum absolute atomic E-state index is 11.3.